The zero-order chi connectivity index (χ0) is 21.4. The zero-order valence-electron chi connectivity index (χ0n) is 17.3. The van der Waals surface area contributed by atoms with Crippen molar-refractivity contribution in [1.82, 2.24) is 15.3 Å². The highest BCUT2D eigenvalue weighted by Gasteiger charge is 2.18. The van der Waals surface area contributed by atoms with E-state index in [2.05, 4.69) is 25.9 Å². The van der Waals surface area contributed by atoms with Crippen molar-refractivity contribution >= 4 is 27.5 Å². The van der Waals surface area contributed by atoms with Gasteiger partial charge in [-0.1, -0.05) is 12.1 Å². The topological polar surface area (TPSA) is 113 Å². The van der Waals surface area contributed by atoms with Crippen LogP contribution in [-0.4, -0.2) is 49.2 Å². The Morgan fingerprint density at radius 1 is 1.07 bits per heavy atom. The zero-order valence-corrected chi connectivity index (χ0v) is 18.1. The summed E-state index contributed by atoms with van der Waals surface area (Å²) in [6, 6.07) is 8.33. The fraction of sp³-hybridized carbons (Fsp3) is 0.450. The minimum absolute atomic E-state index is 0.134. The number of carbonyl (C=O) groups is 1. The molecule has 1 aromatic heterocycles. The molecule has 1 heterocycles. The van der Waals surface area contributed by atoms with E-state index < -0.39 is 15.1 Å². The molecule has 0 radical (unpaired) electrons. The lowest BCUT2D eigenvalue weighted by Gasteiger charge is -2.10. The molecule has 0 aliphatic rings. The second-order valence-electron chi connectivity index (χ2n) is 6.94. The largest absolute Gasteiger partial charge is 0.370 e. The second-order valence-corrected chi connectivity index (χ2v) is 9.44. The quantitative estimate of drug-likeness (QED) is 0.506. The summed E-state index contributed by atoms with van der Waals surface area (Å²) < 4.78 is 24.3. The molecule has 1 amide bonds. The van der Waals surface area contributed by atoms with Crippen molar-refractivity contribution < 1.29 is 13.2 Å². The number of hydrogen-bond donors (Lipinski definition) is 3. The summed E-state index contributed by atoms with van der Waals surface area (Å²) in [5.74, 6) is 1.14. The maximum Gasteiger partial charge on any atom is 0.224 e. The summed E-state index contributed by atoms with van der Waals surface area (Å²) in [6.07, 6.45) is 0.188. The molecule has 0 unspecified atom stereocenters. The molecular weight excluding hydrogens is 390 g/mol. The monoisotopic (exact) mass is 419 g/mol. The molecule has 0 spiro atoms. The molecule has 2 aromatic rings. The van der Waals surface area contributed by atoms with E-state index in [1.54, 1.807) is 38.1 Å². The Morgan fingerprint density at radius 2 is 1.76 bits per heavy atom. The van der Waals surface area contributed by atoms with Crippen molar-refractivity contribution in [2.45, 2.75) is 44.3 Å². The molecule has 2 rings (SSSR count). The van der Waals surface area contributed by atoms with Crippen LogP contribution in [0.3, 0.4) is 0 Å². The summed E-state index contributed by atoms with van der Waals surface area (Å²) in [4.78, 5) is 21.1. The van der Waals surface area contributed by atoms with Gasteiger partial charge in [-0.15, -0.1) is 0 Å². The normalized spacial score (nSPS) is 11.3. The number of hydrogen-bond acceptors (Lipinski definition) is 7. The molecule has 0 saturated heterocycles. The number of aryl methyl sites for hydroxylation is 1. The number of sulfone groups is 1. The summed E-state index contributed by atoms with van der Waals surface area (Å²) in [7, 11) is -3.30. The van der Waals surface area contributed by atoms with Crippen LogP contribution in [0.15, 0.2) is 35.2 Å². The Morgan fingerprint density at radius 3 is 2.38 bits per heavy atom. The van der Waals surface area contributed by atoms with Crippen LogP contribution in [-0.2, 0) is 21.1 Å². The van der Waals surface area contributed by atoms with Crippen LogP contribution >= 0.6 is 0 Å². The first-order chi connectivity index (χ1) is 13.7. The average Bonchev–Trinajstić information content (AvgIpc) is 2.65. The molecule has 0 bridgehead atoms. The van der Waals surface area contributed by atoms with Crippen molar-refractivity contribution in [3.8, 4) is 0 Å². The fourth-order valence-corrected chi connectivity index (χ4v) is 3.67. The second kappa shape index (κ2) is 10.2. The van der Waals surface area contributed by atoms with Gasteiger partial charge in [0.1, 0.15) is 5.82 Å². The molecular formula is C20H29N5O3S. The number of aromatic nitrogens is 2. The van der Waals surface area contributed by atoms with Crippen LogP contribution in [0, 0.1) is 6.92 Å². The van der Waals surface area contributed by atoms with Crippen molar-refractivity contribution in [2.75, 3.05) is 30.3 Å². The highest BCUT2D eigenvalue weighted by Crippen LogP contribution is 2.16. The van der Waals surface area contributed by atoms with Crippen molar-refractivity contribution in [1.29, 1.82) is 0 Å². The first-order valence-corrected chi connectivity index (χ1v) is 11.2. The highest BCUT2D eigenvalue weighted by atomic mass is 32.2. The van der Waals surface area contributed by atoms with Gasteiger partial charge in [-0.2, -0.15) is 4.98 Å². The lowest BCUT2D eigenvalue weighted by molar-refractivity contribution is -0.120. The number of carbonyl (C=O) groups excluding carboxylic acids is 1. The number of nitrogens with zero attached hydrogens (tertiary/aromatic N) is 2. The third-order valence-electron chi connectivity index (χ3n) is 4.18. The van der Waals surface area contributed by atoms with Crippen molar-refractivity contribution in [2.24, 2.45) is 0 Å². The first-order valence-electron chi connectivity index (χ1n) is 9.65. The highest BCUT2D eigenvalue weighted by molar-refractivity contribution is 7.92. The summed E-state index contributed by atoms with van der Waals surface area (Å²) in [5.41, 5.74) is 1.61. The van der Waals surface area contributed by atoms with Crippen molar-refractivity contribution in [3.05, 3.63) is 41.6 Å². The van der Waals surface area contributed by atoms with E-state index in [1.165, 1.54) is 0 Å². The number of benzene rings is 1. The van der Waals surface area contributed by atoms with E-state index in [4.69, 9.17) is 0 Å². The van der Waals surface area contributed by atoms with Gasteiger partial charge < -0.3 is 16.0 Å². The van der Waals surface area contributed by atoms with E-state index in [0.29, 0.717) is 19.0 Å². The summed E-state index contributed by atoms with van der Waals surface area (Å²) >= 11 is 0. The first kappa shape index (κ1) is 22.6. The minimum Gasteiger partial charge on any atom is -0.370 e. The van der Waals surface area contributed by atoms with Gasteiger partial charge in [0, 0.05) is 31.4 Å². The molecule has 0 fully saturated rings. The van der Waals surface area contributed by atoms with Crippen LogP contribution in [0.4, 0.5) is 11.8 Å². The lowest BCUT2D eigenvalue weighted by atomic mass is 10.1. The fourth-order valence-electron chi connectivity index (χ4n) is 2.61. The van der Waals surface area contributed by atoms with Crippen LogP contribution in [0.1, 0.15) is 32.0 Å². The molecule has 158 valence electrons. The Labute approximate surface area is 172 Å². The number of amides is 1. The smallest absolute Gasteiger partial charge is 0.224 e. The summed E-state index contributed by atoms with van der Waals surface area (Å²) in [5, 5.41) is 8.59. The Hall–Kier alpha value is -2.68. The standard InChI is InChI=1S/C20H29N5O3S/c1-5-21-18-12-15(4)24-20(25-18)23-11-10-22-19(26)13-16-6-8-17(9-7-16)29(27,28)14(2)3/h6-9,12,14H,5,10-11,13H2,1-4H3,(H,22,26)(H2,21,23,24,25). The van der Waals surface area contributed by atoms with Crippen molar-refractivity contribution in [3.63, 3.8) is 0 Å². The van der Waals surface area contributed by atoms with E-state index in [9.17, 15) is 13.2 Å². The molecule has 0 aliphatic carbocycles. The maximum absolute atomic E-state index is 12.1. The molecule has 1 aromatic carbocycles. The van der Waals surface area contributed by atoms with E-state index in [0.717, 1.165) is 23.6 Å². The molecule has 29 heavy (non-hydrogen) atoms. The molecule has 0 saturated carbocycles. The number of rotatable bonds is 10. The Kier molecular flexibility index (Phi) is 7.95. The Bertz CT molecular complexity index is 928. The van der Waals surface area contributed by atoms with E-state index in [1.807, 2.05) is 19.9 Å². The molecule has 8 nitrogen and oxygen atoms in total. The summed E-state index contributed by atoms with van der Waals surface area (Å²) in [6.45, 7) is 8.88. The predicted molar refractivity (Wildman–Crippen MR) is 115 cm³/mol. The molecule has 3 N–H and O–H groups in total. The van der Waals surface area contributed by atoms with Crippen LogP contribution in [0.5, 0.6) is 0 Å². The predicted octanol–water partition coefficient (Wildman–Crippen LogP) is 2.17. The maximum atomic E-state index is 12.1. The van der Waals surface area contributed by atoms with Gasteiger partial charge >= 0.3 is 0 Å². The third-order valence-corrected chi connectivity index (χ3v) is 6.35. The van der Waals surface area contributed by atoms with Gasteiger partial charge in [0.15, 0.2) is 9.84 Å². The van der Waals surface area contributed by atoms with Gasteiger partial charge in [0.05, 0.1) is 16.6 Å². The van der Waals surface area contributed by atoms with Gasteiger partial charge in [-0.3, -0.25) is 4.79 Å². The van der Waals surface area contributed by atoms with Gasteiger partial charge in [-0.25, -0.2) is 13.4 Å². The van der Waals surface area contributed by atoms with E-state index in [-0.39, 0.29) is 17.2 Å². The average molecular weight is 420 g/mol. The SMILES string of the molecule is CCNc1cc(C)nc(NCCNC(=O)Cc2ccc(S(=O)(=O)C(C)C)cc2)n1. The number of nitrogens with one attached hydrogen (secondary N) is 3. The van der Waals surface area contributed by atoms with Crippen LogP contribution in [0.25, 0.3) is 0 Å². The molecule has 0 atom stereocenters. The molecule has 0 aliphatic heterocycles. The minimum atomic E-state index is -3.30. The van der Waals surface area contributed by atoms with Crippen LogP contribution in [0.2, 0.25) is 0 Å². The number of anilines is 2. The van der Waals surface area contributed by atoms with Gasteiger partial charge in [0.25, 0.3) is 0 Å². The third kappa shape index (κ3) is 6.70. The lowest BCUT2D eigenvalue weighted by Crippen LogP contribution is -2.30. The molecule has 9 heteroatoms. The van der Waals surface area contributed by atoms with E-state index >= 15 is 0 Å². The Balaban J connectivity index is 1.80. The van der Waals surface area contributed by atoms with Crippen LogP contribution < -0.4 is 16.0 Å². The van der Waals surface area contributed by atoms with Gasteiger partial charge in [0.2, 0.25) is 11.9 Å². The van der Waals surface area contributed by atoms with Gasteiger partial charge in [-0.05, 0) is 45.4 Å².